The molecule has 0 aliphatic carbocycles. The molecule has 2 aromatic carbocycles. The van der Waals surface area contributed by atoms with Crippen molar-refractivity contribution in [1.82, 2.24) is 4.72 Å². The smallest absolute Gasteiger partial charge is 0.280 e. The fourth-order valence-electron chi connectivity index (χ4n) is 1.98. The first-order valence-corrected chi connectivity index (χ1v) is 10.7. The standard InChI is InChI=1S/C14H11ClF3N3O6S2/c15-12-6-5-11(7-13(12)21(22)23)29(26,27)20-9-1-3-10(4-2-9)28(24,25)19-8-14(16,17)18/h1-7,19-20H,8H2. The number of nitrogens with zero attached hydrogens (tertiary/aromatic N) is 1. The molecule has 0 saturated carbocycles. The van der Waals surface area contributed by atoms with Gasteiger partial charge in [-0.2, -0.15) is 13.2 Å². The van der Waals surface area contributed by atoms with Gasteiger partial charge in [0.15, 0.2) is 0 Å². The van der Waals surface area contributed by atoms with Gasteiger partial charge >= 0.3 is 6.18 Å². The second-order valence-electron chi connectivity index (χ2n) is 5.44. The van der Waals surface area contributed by atoms with Crippen LogP contribution in [0.5, 0.6) is 0 Å². The molecule has 0 fully saturated rings. The van der Waals surface area contributed by atoms with Crippen molar-refractivity contribution >= 4 is 43.0 Å². The maximum absolute atomic E-state index is 12.4. The number of hydrogen-bond acceptors (Lipinski definition) is 6. The van der Waals surface area contributed by atoms with E-state index in [0.717, 1.165) is 42.5 Å². The molecule has 0 amide bonds. The average molecular weight is 474 g/mol. The second kappa shape index (κ2) is 8.14. The number of hydrogen-bond donors (Lipinski definition) is 2. The fraction of sp³-hybridized carbons (Fsp3) is 0.143. The minimum Gasteiger partial charge on any atom is -0.280 e. The van der Waals surface area contributed by atoms with Gasteiger partial charge in [0.05, 0.1) is 14.7 Å². The molecule has 0 atom stereocenters. The topological polar surface area (TPSA) is 135 Å². The zero-order valence-corrected chi connectivity index (χ0v) is 16.4. The maximum atomic E-state index is 12.4. The van der Waals surface area contributed by atoms with Crippen LogP contribution in [0, 0.1) is 10.1 Å². The van der Waals surface area contributed by atoms with Crippen molar-refractivity contribution in [2.45, 2.75) is 16.0 Å². The quantitative estimate of drug-likeness (QED) is 0.469. The number of benzene rings is 2. The molecule has 0 aliphatic rings. The number of alkyl halides is 3. The predicted octanol–water partition coefficient (Wildman–Crippen LogP) is 2.89. The summed E-state index contributed by atoms with van der Waals surface area (Å²) in [6, 6.07) is 6.58. The van der Waals surface area contributed by atoms with Gasteiger partial charge in [0.2, 0.25) is 10.0 Å². The molecule has 0 spiro atoms. The Hall–Kier alpha value is -2.42. The highest BCUT2D eigenvalue weighted by Crippen LogP contribution is 2.28. The van der Waals surface area contributed by atoms with E-state index in [4.69, 9.17) is 11.6 Å². The van der Waals surface area contributed by atoms with E-state index < -0.39 is 53.2 Å². The lowest BCUT2D eigenvalue weighted by molar-refractivity contribution is -0.384. The van der Waals surface area contributed by atoms with E-state index in [1.807, 2.05) is 0 Å². The summed E-state index contributed by atoms with van der Waals surface area (Å²) in [5.41, 5.74) is -0.760. The normalized spacial score (nSPS) is 12.6. The fourth-order valence-corrected chi connectivity index (χ4v) is 4.26. The summed E-state index contributed by atoms with van der Waals surface area (Å²) in [4.78, 5) is 9.02. The predicted molar refractivity (Wildman–Crippen MR) is 96.6 cm³/mol. The molecule has 9 nitrogen and oxygen atoms in total. The molecule has 158 valence electrons. The molecule has 0 radical (unpaired) electrons. The third-order valence-corrected chi connectivity index (χ3v) is 6.42. The Labute approximate surface area is 167 Å². The Morgan fingerprint density at radius 3 is 2.03 bits per heavy atom. The molecular formula is C14H11ClF3N3O6S2. The SMILES string of the molecule is O=[N+]([O-])c1cc(S(=O)(=O)Nc2ccc(S(=O)(=O)NCC(F)(F)F)cc2)ccc1Cl. The van der Waals surface area contributed by atoms with Crippen LogP contribution >= 0.6 is 11.6 Å². The summed E-state index contributed by atoms with van der Waals surface area (Å²) >= 11 is 5.63. The van der Waals surface area contributed by atoms with E-state index in [-0.39, 0.29) is 10.7 Å². The molecule has 2 N–H and O–H groups in total. The highest BCUT2D eigenvalue weighted by molar-refractivity contribution is 7.92. The van der Waals surface area contributed by atoms with Crippen molar-refractivity contribution in [3.05, 3.63) is 57.6 Å². The molecule has 2 rings (SSSR count). The molecule has 0 aliphatic heterocycles. The van der Waals surface area contributed by atoms with E-state index in [1.54, 1.807) is 0 Å². The summed E-state index contributed by atoms with van der Waals surface area (Å²) in [6.07, 6.45) is -4.75. The van der Waals surface area contributed by atoms with E-state index in [2.05, 4.69) is 4.72 Å². The maximum Gasteiger partial charge on any atom is 0.402 e. The number of nitrogens with one attached hydrogen (secondary N) is 2. The molecule has 0 bridgehead atoms. The second-order valence-corrected chi connectivity index (χ2v) is 9.30. The molecular weight excluding hydrogens is 463 g/mol. The van der Waals surface area contributed by atoms with Crippen LogP contribution < -0.4 is 9.44 Å². The highest BCUT2D eigenvalue weighted by atomic mass is 35.5. The van der Waals surface area contributed by atoms with Gasteiger partial charge in [0.1, 0.15) is 11.6 Å². The van der Waals surface area contributed by atoms with Crippen LogP contribution in [0.25, 0.3) is 0 Å². The van der Waals surface area contributed by atoms with Crippen LogP contribution in [0.3, 0.4) is 0 Å². The molecule has 0 unspecified atom stereocenters. The molecule has 0 aromatic heterocycles. The van der Waals surface area contributed by atoms with Gasteiger partial charge in [0.25, 0.3) is 15.7 Å². The van der Waals surface area contributed by atoms with E-state index in [9.17, 15) is 40.1 Å². The van der Waals surface area contributed by atoms with Gasteiger partial charge in [-0.3, -0.25) is 14.8 Å². The van der Waals surface area contributed by atoms with E-state index in [1.165, 1.54) is 4.72 Å². The first-order valence-electron chi connectivity index (χ1n) is 7.34. The van der Waals surface area contributed by atoms with E-state index in [0.29, 0.717) is 0 Å². The first kappa shape index (κ1) is 22.9. The summed E-state index contributed by atoms with van der Waals surface area (Å²) in [6.45, 7) is -1.76. The number of rotatable bonds is 7. The van der Waals surface area contributed by atoms with Gasteiger partial charge in [-0.05, 0) is 36.4 Å². The molecule has 0 saturated heterocycles. The number of sulfonamides is 2. The van der Waals surface area contributed by atoms with Crippen molar-refractivity contribution in [3.63, 3.8) is 0 Å². The number of nitro benzene ring substituents is 1. The number of anilines is 1. The molecule has 2 aromatic rings. The Bertz CT molecular complexity index is 1140. The Kier molecular flexibility index (Phi) is 6.42. The minimum atomic E-state index is -4.75. The first-order chi connectivity index (χ1) is 13.2. The van der Waals surface area contributed by atoms with Crippen LogP contribution in [0.1, 0.15) is 0 Å². The molecule has 29 heavy (non-hydrogen) atoms. The summed E-state index contributed by atoms with van der Waals surface area (Å²) in [5, 5.41) is 10.6. The van der Waals surface area contributed by atoms with Crippen molar-refractivity contribution in [1.29, 1.82) is 0 Å². The van der Waals surface area contributed by atoms with Crippen molar-refractivity contribution in [3.8, 4) is 0 Å². The minimum absolute atomic E-state index is 0.127. The van der Waals surface area contributed by atoms with Crippen molar-refractivity contribution < 1.29 is 34.9 Å². The Morgan fingerprint density at radius 2 is 1.52 bits per heavy atom. The lowest BCUT2D eigenvalue weighted by Crippen LogP contribution is -2.33. The highest BCUT2D eigenvalue weighted by Gasteiger charge is 2.30. The van der Waals surface area contributed by atoms with Crippen molar-refractivity contribution in [2.24, 2.45) is 0 Å². The molecule has 15 heteroatoms. The Morgan fingerprint density at radius 1 is 0.966 bits per heavy atom. The monoisotopic (exact) mass is 473 g/mol. The number of halogens is 4. The third kappa shape index (κ3) is 6.03. The van der Waals surface area contributed by atoms with Gasteiger partial charge in [0, 0.05) is 11.8 Å². The van der Waals surface area contributed by atoms with Gasteiger partial charge < -0.3 is 0 Å². The van der Waals surface area contributed by atoms with Gasteiger partial charge in [-0.15, -0.1) is 0 Å². The lowest BCUT2D eigenvalue weighted by Gasteiger charge is -2.11. The molecule has 0 heterocycles. The van der Waals surface area contributed by atoms with Crippen LogP contribution in [-0.4, -0.2) is 34.5 Å². The third-order valence-electron chi connectivity index (χ3n) is 3.30. The van der Waals surface area contributed by atoms with Gasteiger partial charge in [-0.25, -0.2) is 21.6 Å². The van der Waals surface area contributed by atoms with Crippen LogP contribution in [0.15, 0.2) is 52.3 Å². The largest absolute Gasteiger partial charge is 0.402 e. The Balaban J connectivity index is 2.23. The van der Waals surface area contributed by atoms with Crippen molar-refractivity contribution in [2.75, 3.05) is 11.3 Å². The van der Waals surface area contributed by atoms with Crippen LogP contribution in [-0.2, 0) is 20.0 Å². The summed E-state index contributed by atoms with van der Waals surface area (Å²) in [7, 11) is -8.75. The summed E-state index contributed by atoms with van der Waals surface area (Å²) < 4.78 is 88.2. The average Bonchev–Trinajstić information content (AvgIpc) is 2.59. The van der Waals surface area contributed by atoms with Crippen LogP contribution in [0.4, 0.5) is 24.5 Å². The van der Waals surface area contributed by atoms with E-state index >= 15 is 0 Å². The summed E-state index contributed by atoms with van der Waals surface area (Å²) in [5.74, 6) is 0. The zero-order chi connectivity index (χ0) is 22.0. The van der Waals surface area contributed by atoms with Gasteiger partial charge in [-0.1, -0.05) is 11.6 Å². The lowest BCUT2D eigenvalue weighted by atomic mass is 10.3. The zero-order valence-electron chi connectivity index (χ0n) is 14.0. The van der Waals surface area contributed by atoms with Crippen LogP contribution in [0.2, 0.25) is 5.02 Å². The number of nitro groups is 1.